The number of pyridine rings is 1. The first kappa shape index (κ1) is 20.5. The lowest BCUT2D eigenvalue weighted by Crippen LogP contribution is -2.27. The number of hydrogen-bond donors (Lipinski definition) is 1. The summed E-state index contributed by atoms with van der Waals surface area (Å²) in [6, 6.07) is 16.8. The third-order valence-corrected chi connectivity index (χ3v) is 5.58. The monoisotopic (exact) mass is 438 g/mol. The number of nitrogens with one attached hydrogen (secondary N) is 1. The predicted octanol–water partition coefficient (Wildman–Crippen LogP) is 4.95. The van der Waals surface area contributed by atoms with Crippen LogP contribution in [0.4, 0.5) is 10.5 Å². The number of ketones is 1. The Morgan fingerprint density at radius 2 is 1.88 bits per heavy atom. The van der Waals surface area contributed by atoms with Crippen molar-refractivity contribution < 1.29 is 14.3 Å². The molecule has 0 atom stereocenters. The van der Waals surface area contributed by atoms with Crippen molar-refractivity contribution in [2.75, 3.05) is 19.4 Å². The van der Waals surface area contributed by atoms with E-state index in [4.69, 9.17) is 4.74 Å². The van der Waals surface area contributed by atoms with Gasteiger partial charge in [0.05, 0.1) is 5.56 Å². The molecule has 0 spiro atoms. The quantitative estimate of drug-likeness (QED) is 0.459. The second-order valence-electron chi connectivity index (χ2n) is 8.09. The van der Waals surface area contributed by atoms with Crippen LogP contribution < -0.4 is 10.1 Å². The van der Waals surface area contributed by atoms with Gasteiger partial charge in [0, 0.05) is 50.2 Å². The van der Waals surface area contributed by atoms with E-state index in [0.717, 1.165) is 27.7 Å². The number of amides is 2. The molecule has 2 amide bonds. The van der Waals surface area contributed by atoms with Crippen molar-refractivity contribution >= 4 is 34.6 Å². The minimum absolute atomic E-state index is 0.229. The molecule has 7 heteroatoms. The van der Waals surface area contributed by atoms with Crippen LogP contribution in [-0.4, -0.2) is 40.4 Å². The fourth-order valence-electron chi connectivity index (χ4n) is 3.95. The van der Waals surface area contributed by atoms with E-state index in [1.165, 1.54) is 4.90 Å². The lowest BCUT2D eigenvalue weighted by molar-refractivity contribution is 0.101. The van der Waals surface area contributed by atoms with Gasteiger partial charge < -0.3 is 19.5 Å². The highest BCUT2D eigenvalue weighted by atomic mass is 16.5. The van der Waals surface area contributed by atoms with Crippen LogP contribution in [0.1, 0.15) is 15.9 Å². The van der Waals surface area contributed by atoms with Crippen molar-refractivity contribution in [3.63, 3.8) is 0 Å². The minimum Gasteiger partial charge on any atom is -0.452 e. The van der Waals surface area contributed by atoms with Gasteiger partial charge in [0.25, 0.3) is 0 Å². The summed E-state index contributed by atoms with van der Waals surface area (Å²) in [6.45, 7) is 0. The number of hydrogen-bond acceptors (Lipinski definition) is 4. The van der Waals surface area contributed by atoms with E-state index in [-0.39, 0.29) is 17.6 Å². The molecule has 0 aliphatic carbocycles. The number of Topliss-reactive ketones (excluding diaryl/α,β-unsaturated/α-hetero) is 1. The molecule has 164 valence electrons. The second kappa shape index (κ2) is 7.94. The van der Waals surface area contributed by atoms with Crippen molar-refractivity contribution in [2.45, 2.75) is 0 Å². The van der Waals surface area contributed by atoms with Gasteiger partial charge in [-0.25, -0.2) is 9.78 Å². The van der Waals surface area contributed by atoms with Gasteiger partial charge >= 0.3 is 6.03 Å². The first-order valence-electron chi connectivity index (χ1n) is 10.5. The van der Waals surface area contributed by atoms with Gasteiger partial charge in [-0.15, -0.1) is 0 Å². The van der Waals surface area contributed by atoms with E-state index in [9.17, 15) is 9.59 Å². The van der Waals surface area contributed by atoms with Gasteiger partial charge in [-0.1, -0.05) is 30.3 Å². The van der Waals surface area contributed by atoms with Crippen molar-refractivity contribution in [1.82, 2.24) is 14.5 Å². The maximum absolute atomic E-state index is 13.1. The SMILES string of the molecule is CN(C)C(=O)Nc1ccc2c(c1)C(=O)C(=Cc1cn(C)c3nccc(-c4ccccc4)c13)O2. The van der Waals surface area contributed by atoms with Gasteiger partial charge in [0.1, 0.15) is 11.4 Å². The van der Waals surface area contributed by atoms with E-state index in [1.807, 2.05) is 42.1 Å². The van der Waals surface area contributed by atoms with Crippen LogP contribution in [-0.2, 0) is 7.05 Å². The maximum Gasteiger partial charge on any atom is 0.321 e. The van der Waals surface area contributed by atoms with E-state index < -0.39 is 0 Å². The number of ether oxygens (including phenoxy) is 1. The summed E-state index contributed by atoms with van der Waals surface area (Å²) in [6.07, 6.45) is 5.49. The smallest absolute Gasteiger partial charge is 0.321 e. The number of nitrogens with zero attached hydrogens (tertiary/aromatic N) is 3. The molecule has 2 aromatic heterocycles. The second-order valence-corrected chi connectivity index (χ2v) is 8.09. The van der Waals surface area contributed by atoms with Gasteiger partial charge in [-0.3, -0.25) is 4.79 Å². The van der Waals surface area contributed by atoms with Crippen molar-refractivity contribution in [3.05, 3.63) is 83.9 Å². The Morgan fingerprint density at radius 3 is 2.64 bits per heavy atom. The lowest BCUT2D eigenvalue weighted by Gasteiger charge is -2.12. The van der Waals surface area contributed by atoms with Crippen LogP contribution in [0, 0.1) is 0 Å². The highest BCUT2D eigenvalue weighted by molar-refractivity contribution is 6.16. The molecule has 0 radical (unpaired) electrons. The molecule has 0 saturated heterocycles. The first-order chi connectivity index (χ1) is 15.9. The number of rotatable bonds is 3. The van der Waals surface area contributed by atoms with Crippen molar-refractivity contribution in [1.29, 1.82) is 0 Å². The number of benzene rings is 2. The lowest BCUT2D eigenvalue weighted by atomic mass is 10.0. The predicted molar refractivity (Wildman–Crippen MR) is 128 cm³/mol. The Labute approximate surface area is 190 Å². The molecule has 0 fully saturated rings. The van der Waals surface area contributed by atoms with Crippen LogP contribution in [0.15, 0.2) is 72.8 Å². The van der Waals surface area contributed by atoms with Crippen LogP contribution >= 0.6 is 0 Å². The average Bonchev–Trinajstić information content (AvgIpc) is 3.31. The molecule has 0 saturated carbocycles. The third-order valence-electron chi connectivity index (χ3n) is 5.58. The van der Waals surface area contributed by atoms with E-state index in [0.29, 0.717) is 17.0 Å². The summed E-state index contributed by atoms with van der Waals surface area (Å²) < 4.78 is 7.83. The van der Waals surface area contributed by atoms with E-state index >= 15 is 0 Å². The van der Waals surface area contributed by atoms with Gasteiger partial charge in [-0.2, -0.15) is 0 Å². The zero-order valence-electron chi connectivity index (χ0n) is 18.5. The zero-order valence-corrected chi connectivity index (χ0v) is 18.5. The molecular formula is C26H22N4O3. The third kappa shape index (κ3) is 3.63. The molecule has 3 heterocycles. The van der Waals surface area contributed by atoms with Crippen LogP contribution in [0.25, 0.3) is 28.2 Å². The summed E-state index contributed by atoms with van der Waals surface area (Å²) in [7, 11) is 5.24. The summed E-state index contributed by atoms with van der Waals surface area (Å²) in [4.78, 5) is 31.1. The number of aryl methyl sites for hydroxylation is 1. The Bertz CT molecular complexity index is 1430. The first-order valence-corrected chi connectivity index (χ1v) is 10.5. The average molecular weight is 438 g/mol. The highest BCUT2D eigenvalue weighted by Gasteiger charge is 2.28. The summed E-state index contributed by atoms with van der Waals surface area (Å²) >= 11 is 0. The molecule has 1 aliphatic heterocycles. The zero-order chi connectivity index (χ0) is 23.1. The standard InChI is InChI=1S/C26H22N4O3/c1-29(2)26(32)28-18-9-10-21-20(14-18)24(31)22(33-21)13-17-15-30(3)25-23(17)19(11-12-27-25)16-7-5-4-6-8-16/h4-15H,1-3H3,(H,28,32). The molecule has 7 nitrogen and oxygen atoms in total. The fraction of sp³-hybridized carbons (Fsp3) is 0.115. The molecule has 0 unspecified atom stereocenters. The van der Waals surface area contributed by atoms with Gasteiger partial charge in [-0.05, 0) is 41.5 Å². The van der Waals surface area contributed by atoms with Gasteiger partial charge in [0.2, 0.25) is 5.78 Å². The normalized spacial score (nSPS) is 13.8. The molecule has 1 N–H and O–H groups in total. The molecule has 0 bridgehead atoms. The fourth-order valence-corrected chi connectivity index (χ4v) is 3.95. The number of anilines is 1. The molecular weight excluding hydrogens is 416 g/mol. The highest BCUT2D eigenvalue weighted by Crippen LogP contribution is 2.36. The van der Waals surface area contributed by atoms with Crippen molar-refractivity contribution in [2.24, 2.45) is 7.05 Å². The number of aromatic nitrogens is 2. The number of carbonyl (C=O) groups excluding carboxylic acids is 2. The van der Waals surface area contributed by atoms with E-state index in [2.05, 4.69) is 22.4 Å². The number of carbonyl (C=O) groups is 2. The van der Waals surface area contributed by atoms with Gasteiger partial charge in [0.15, 0.2) is 5.76 Å². The van der Waals surface area contributed by atoms with Crippen LogP contribution in [0.2, 0.25) is 0 Å². The number of urea groups is 1. The van der Waals surface area contributed by atoms with Crippen molar-refractivity contribution in [3.8, 4) is 16.9 Å². The number of allylic oxidation sites excluding steroid dienone is 1. The molecule has 5 rings (SSSR count). The maximum atomic E-state index is 13.1. The largest absolute Gasteiger partial charge is 0.452 e. The Kier molecular flexibility index (Phi) is 4.94. The molecule has 2 aromatic carbocycles. The molecule has 1 aliphatic rings. The van der Waals surface area contributed by atoms with Crippen LogP contribution in [0.5, 0.6) is 5.75 Å². The summed E-state index contributed by atoms with van der Waals surface area (Å²) in [5.41, 5.74) is 4.71. The minimum atomic E-state index is -0.270. The summed E-state index contributed by atoms with van der Waals surface area (Å²) in [5.74, 6) is 0.473. The van der Waals surface area contributed by atoms with Crippen LogP contribution in [0.3, 0.4) is 0 Å². The number of fused-ring (bicyclic) bond motifs is 2. The molecule has 4 aromatic rings. The topological polar surface area (TPSA) is 76.5 Å². The Morgan fingerprint density at radius 1 is 1.09 bits per heavy atom. The summed E-state index contributed by atoms with van der Waals surface area (Å²) in [5, 5.41) is 3.71. The molecule has 33 heavy (non-hydrogen) atoms. The Balaban J connectivity index is 1.55. The van der Waals surface area contributed by atoms with E-state index in [1.54, 1.807) is 44.6 Å². The Hall–Kier alpha value is -4.39.